The highest BCUT2D eigenvalue weighted by molar-refractivity contribution is 7.16. The van der Waals surface area contributed by atoms with Crippen molar-refractivity contribution in [3.05, 3.63) is 29.5 Å². The van der Waals surface area contributed by atoms with E-state index in [-0.39, 0.29) is 13.2 Å². The van der Waals surface area contributed by atoms with Gasteiger partial charge in [-0.1, -0.05) is 11.3 Å². The molecule has 3 heterocycles. The Balaban J connectivity index is 1.85. The van der Waals surface area contributed by atoms with Crippen LogP contribution in [0.3, 0.4) is 0 Å². The number of nitrogens with zero attached hydrogens (tertiary/aromatic N) is 5. The van der Waals surface area contributed by atoms with Crippen LogP contribution in [0.5, 0.6) is 0 Å². The van der Waals surface area contributed by atoms with Crippen LogP contribution in [0.15, 0.2) is 24.5 Å². The molecule has 0 aliphatic rings. The topological polar surface area (TPSA) is 102 Å². The van der Waals surface area contributed by atoms with Gasteiger partial charge in [0.1, 0.15) is 18.2 Å². The summed E-state index contributed by atoms with van der Waals surface area (Å²) in [5.74, 6) is -0.419. The fourth-order valence-corrected chi connectivity index (χ4v) is 2.39. The van der Waals surface area contributed by atoms with Crippen molar-refractivity contribution in [1.29, 1.82) is 0 Å². The van der Waals surface area contributed by atoms with Gasteiger partial charge in [0, 0.05) is 18.0 Å². The molecule has 3 aromatic heterocycles. The zero-order valence-electron chi connectivity index (χ0n) is 10.1. The molecule has 0 bridgehead atoms. The molecular formula is C11H9N5O3S. The number of hydrogen-bond acceptors (Lipinski definition) is 7. The van der Waals surface area contributed by atoms with Gasteiger partial charge < -0.3 is 9.84 Å². The van der Waals surface area contributed by atoms with E-state index in [1.54, 1.807) is 23.0 Å². The van der Waals surface area contributed by atoms with Crippen molar-refractivity contribution in [2.75, 3.05) is 6.61 Å². The van der Waals surface area contributed by atoms with E-state index in [0.29, 0.717) is 15.8 Å². The average molecular weight is 291 g/mol. The maximum absolute atomic E-state index is 10.4. The Kier molecular flexibility index (Phi) is 3.35. The summed E-state index contributed by atoms with van der Waals surface area (Å²) in [6, 6.07) is 3.67. The van der Waals surface area contributed by atoms with Gasteiger partial charge >= 0.3 is 5.97 Å². The van der Waals surface area contributed by atoms with Gasteiger partial charge in [-0.25, -0.2) is 4.79 Å². The Morgan fingerprint density at radius 2 is 2.35 bits per heavy atom. The van der Waals surface area contributed by atoms with Crippen LogP contribution in [0.25, 0.3) is 16.3 Å². The van der Waals surface area contributed by atoms with E-state index in [1.165, 1.54) is 11.3 Å². The van der Waals surface area contributed by atoms with E-state index >= 15 is 0 Å². The molecule has 0 saturated carbocycles. The minimum Gasteiger partial charge on any atom is -0.480 e. The Morgan fingerprint density at radius 1 is 1.45 bits per heavy atom. The molecule has 8 nitrogen and oxygen atoms in total. The largest absolute Gasteiger partial charge is 0.480 e. The van der Waals surface area contributed by atoms with Crippen LogP contribution in [0.4, 0.5) is 0 Å². The molecule has 9 heteroatoms. The summed E-state index contributed by atoms with van der Waals surface area (Å²) in [5.41, 5.74) is 0.809. The number of hydrogen-bond donors (Lipinski definition) is 1. The van der Waals surface area contributed by atoms with Crippen molar-refractivity contribution in [3.8, 4) is 11.4 Å². The van der Waals surface area contributed by atoms with E-state index in [4.69, 9.17) is 9.84 Å². The minimum atomic E-state index is -1.01. The van der Waals surface area contributed by atoms with Crippen LogP contribution < -0.4 is 0 Å². The number of pyridine rings is 1. The molecule has 0 saturated heterocycles. The lowest BCUT2D eigenvalue weighted by molar-refractivity contribution is -0.142. The van der Waals surface area contributed by atoms with Crippen LogP contribution in [-0.4, -0.2) is 42.5 Å². The second-order valence-electron chi connectivity index (χ2n) is 3.84. The third-order valence-corrected chi connectivity index (χ3v) is 3.28. The normalized spacial score (nSPS) is 11.0. The maximum Gasteiger partial charge on any atom is 0.329 e. The number of carbonyl (C=O) groups is 1. The highest BCUT2D eigenvalue weighted by atomic mass is 32.1. The molecule has 3 aromatic rings. The predicted molar refractivity (Wildman–Crippen MR) is 69.2 cm³/mol. The van der Waals surface area contributed by atoms with Gasteiger partial charge in [-0.3, -0.25) is 4.98 Å². The van der Waals surface area contributed by atoms with Crippen molar-refractivity contribution in [1.82, 2.24) is 24.8 Å². The highest BCUT2D eigenvalue weighted by Crippen LogP contribution is 2.20. The zero-order chi connectivity index (χ0) is 13.9. The van der Waals surface area contributed by atoms with Gasteiger partial charge in [0.15, 0.2) is 5.82 Å². The lowest BCUT2D eigenvalue weighted by Crippen LogP contribution is -2.06. The molecule has 0 unspecified atom stereocenters. The second-order valence-corrected chi connectivity index (χ2v) is 4.88. The number of aliphatic carboxylic acids is 1. The fraction of sp³-hybridized carbons (Fsp3) is 0.182. The molecule has 0 radical (unpaired) electrons. The molecule has 3 rings (SSSR count). The third kappa shape index (κ3) is 2.49. The molecule has 1 N–H and O–H groups in total. The SMILES string of the molecule is O=C(O)COCc1nn2c(-c3cccnc3)nnc2s1. The van der Waals surface area contributed by atoms with Crippen LogP contribution >= 0.6 is 11.3 Å². The average Bonchev–Trinajstić information content (AvgIpc) is 2.99. The Labute approximate surface area is 116 Å². The molecule has 20 heavy (non-hydrogen) atoms. The molecular weight excluding hydrogens is 282 g/mol. The fourth-order valence-electron chi connectivity index (χ4n) is 1.62. The standard InChI is InChI=1S/C11H9N5O3S/c17-9(18)6-19-5-8-15-16-10(13-14-11(16)20-8)7-2-1-3-12-4-7/h1-4H,5-6H2,(H,17,18). The van der Waals surface area contributed by atoms with Gasteiger partial charge in [0.05, 0.1) is 0 Å². The molecule has 0 aliphatic heterocycles. The monoisotopic (exact) mass is 291 g/mol. The smallest absolute Gasteiger partial charge is 0.329 e. The maximum atomic E-state index is 10.4. The van der Waals surface area contributed by atoms with Gasteiger partial charge in [-0.2, -0.15) is 9.61 Å². The molecule has 0 fully saturated rings. The van der Waals surface area contributed by atoms with E-state index < -0.39 is 5.97 Å². The van der Waals surface area contributed by atoms with E-state index in [1.807, 2.05) is 6.07 Å². The van der Waals surface area contributed by atoms with Gasteiger partial charge in [0.2, 0.25) is 4.96 Å². The predicted octanol–water partition coefficient (Wildman–Crippen LogP) is 0.849. The first kappa shape index (κ1) is 12.6. The number of fused-ring (bicyclic) bond motifs is 1. The summed E-state index contributed by atoms with van der Waals surface area (Å²) >= 11 is 1.30. The van der Waals surface area contributed by atoms with Crippen LogP contribution in [0.1, 0.15) is 5.01 Å². The van der Waals surface area contributed by atoms with Gasteiger partial charge in [0.25, 0.3) is 0 Å². The Hall–Kier alpha value is -2.39. The van der Waals surface area contributed by atoms with Crippen LogP contribution in [0.2, 0.25) is 0 Å². The van der Waals surface area contributed by atoms with Crippen molar-refractivity contribution in [3.63, 3.8) is 0 Å². The molecule has 0 spiro atoms. The lowest BCUT2D eigenvalue weighted by atomic mass is 10.3. The lowest BCUT2D eigenvalue weighted by Gasteiger charge is -1.96. The number of carboxylic acids is 1. The summed E-state index contributed by atoms with van der Waals surface area (Å²) in [5, 5.41) is 21.5. The van der Waals surface area contributed by atoms with E-state index in [0.717, 1.165) is 5.56 Å². The Bertz CT molecular complexity index is 739. The van der Waals surface area contributed by atoms with Crippen LogP contribution in [0, 0.1) is 0 Å². The highest BCUT2D eigenvalue weighted by Gasteiger charge is 2.13. The van der Waals surface area contributed by atoms with E-state index in [2.05, 4.69) is 20.3 Å². The summed E-state index contributed by atoms with van der Waals surface area (Å²) in [6.07, 6.45) is 3.35. The molecule has 102 valence electrons. The minimum absolute atomic E-state index is 0.132. The van der Waals surface area contributed by atoms with E-state index in [9.17, 15) is 4.79 Å². The Morgan fingerprint density at radius 3 is 3.10 bits per heavy atom. The zero-order valence-corrected chi connectivity index (χ0v) is 10.9. The first-order valence-corrected chi connectivity index (χ1v) is 6.47. The van der Waals surface area contributed by atoms with Crippen molar-refractivity contribution in [2.24, 2.45) is 0 Å². The van der Waals surface area contributed by atoms with Crippen molar-refractivity contribution >= 4 is 22.3 Å². The summed E-state index contributed by atoms with van der Waals surface area (Å²) < 4.78 is 6.60. The summed E-state index contributed by atoms with van der Waals surface area (Å²) in [6.45, 7) is -0.220. The van der Waals surface area contributed by atoms with Gasteiger partial charge in [-0.15, -0.1) is 10.2 Å². The quantitative estimate of drug-likeness (QED) is 0.743. The molecule has 0 aromatic carbocycles. The number of rotatable bonds is 5. The van der Waals surface area contributed by atoms with Crippen molar-refractivity contribution < 1.29 is 14.6 Å². The molecule has 0 amide bonds. The third-order valence-electron chi connectivity index (χ3n) is 2.40. The number of aromatic nitrogens is 5. The molecule has 0 aliphatic carbocycles. The number of carboxylic acid groups (broad SMARTS) is 1. The summed E-state index contributed by atoms with van der Waals surface area (Å²) in [7, 11) is 0. The first-order valence-electron chi connectivity index (χ1n) is 5.65. The molecule has 0 atom stereocenters. The first-order chi connectivity index (χ1) is 9.74. The van der Waals surface area contributed by atoms with Crippen LogP contribution in [-0.2, 0) is 16.1 Å². The number of ether oxygens (including phenoxy) is 1. The summed E-state index contributed by atoms with van der Waals surface area (Å²) in [4.78, 5) is 15.0. The van der Waals surface area contributed by atoms with Crippen molar-refractivity contribution in [2.45, 2.75) is 6.61 Å². The second kappa shape index (κ2) is 5.31. The van der Waals surface area contributed by atoms with Gasteiger partial charge in [-0.05, 0) is 12.1 Å².